The molecule has 9 N–H and O–H groups in total. The van der Waals surface area contributed by atoms with Crippen LogP contribution >= 0.6 is 74.3 Å². The van der Waals surface area contributed by atoms with Gasteiger partial charge < -0.3 is 65.6 Å². The van der Waals surface area contributed by atoms with Gasteiger partial charge in [0.1, 0.15) is 60.0 Å². The predicted molar refractivity (Wildman–Crippen MR) is 482 cm³/mol. The highest BCUT2D eigenvalue weighted by Gasteiger charge is 2.59. The van der Waals surface area contributed by atoms with Crippen molar-refractivity contribution in [1.29, 1.82) is 0 Å². The number of allylic oxidation sites excluding steroid dienone is 1. The number of ether oxygens (including phenoxy) is 5. The molecule has 1 aliphatic carbocycles. The number of phenolic OH excluding ortho intramolecular Hbond substituents is 1. The second-order valence-electron chi connectivity index (χ2n) is 33.6. The summed E-state index contributed by atoms with van der Waals surface area (Å²) < 4.78 is 208. The van der Waals surface area contributed by atoms with E-state index in [4.69, 9.17) is 96.6 Å². The van der Waals surface area contributed by atoms with Crippen LogP contribution in [-0.2, 0) is 192 Å². The Balaban J connectivity index is 0.586. The molecule has 22 atom stereocenters. The number of urea groups is 1. The molecule has 11 rings (SSSR count). The minimum atomic E-state index is -5.59. The Labute approximate surface area is 825 Å². The Morgan fingerprint density at radius 3 is 1.60 bits per heavy atom. The van der Waals surface area contributed by atoms with Crippen molar-refractivity contribution in [2.45, 2.75) is 200 Å². The van der Waals surface area contributed by atoms with E-state index in [1.165, 1.54) is 36.4 Å². The molecule has 22 unspecified atom stereocenters. The van der Waals surface area contributed by atoms with E-state index in [0.29, 0.717) is 87.1 Å². The molecule has 8 radical (unpaired) electrons. The fraction of sp³-hybridized carbons (Fsp3) is 0.667. The van der Waals surface area contributed by atoms with Gasteiger partial charge in [-0.05, 0) is 119 Å². The summed E-state index contributed by atoms with van der Waals surface area (Å²) in [5, 5.41) is 46.2. The molecule has 0 aromatic heterocycles. The lowest BCUT2D eigenvalue weighted by atomic mass is 9.70. The number of carbonyl (C=O) groups is 7. The molecule has 1 spiro atoms. The molecule has 0 saturated carbocycles. The molecule has 5 saturated heterocycles. The monoisotopic (exact) mass is 2200 g/mol. The van der Waals surface area contributed by atoms with E-state index in [-0.39, 0.29) is 130 Å². The first-order valence-corrected chi connectivity index (χ1v) is 58.8. The van der Waals surface area contributed by atoms with Gasteiger partial charge in [-0.25, -0.2) is 46.1 Å². The van der Waals surface area contributed by atoms with Crippen LogP contribution in [0.1, 0.15) is 160 Å². The third-order valence-electron chi connectivity index (χ3n) is 23.0. The SMILES string of the molecule is [O]P(=O)(OCCCCCCNC(=O)CCCCC1SCC2NC(=O)NC21)OCCCOP([O])(=O)OCCCOP([O])(=O)OCC1OC(C2C=C(/C=C/C(=O)NCCCCCCNC(=O)c3ccc4c(c3)C3(OC4=O)c4ccc(O)cc4OC4C=C(O)C=CC43)C(=O)NC2=O)CC1OP([O])(=O)OCCCOP([O])(=O)OCCCOP([O])(=O)OCC1OCCC1OP([O])(=O)OCC1OCCC1OP([O])(=O)OCCCO. The number of unbranched alkanes of at least 4 members (excludes halogenated alkanes) is 7. The number of benzene rings is 2. The van der Waals surface area contributed by atoms with Crippen molar-refractivity contribution in [3.8, 4) is 11.5 Å². The van der Waals surface area contributed by atoms with Gasteiger partial charge in [0.2, 0.25) is 17.7 Å². The topological polar surface area (TPSA) is 742 Å². The largest absolute Gasteiger partial charge is 0.508 e. The lowest BCUT2D eigenvalue weighted by Crippen LogP contribution is -2.48. The molecule has 53 nitrogen and oxygen atoms in total. The number of rotatable bonds is 67. The Morgan fingerprint density at radius 2 is 1.03 bits per heavy atom. The first-order valence-electron chi connectivity index (χ1n) is 46.0. The van der Waals surface area contributed by atoms with Gasteiger partial charge in [0, 0.05) is 111 Å². The van der Waals surface area contributed by atoms with Gasteiger partial charge in [0.05, 0.1) is 121 Å². The molecule has 5 fully saturated rings. The van der Waals surface area contributed by atoms with Crippen LogP contribution < -0.4 is 36.6 Å². The van der Waals surface area contributed by atoms with Crippen molar-refractivity contribution in [2.24, 2.45) is 11.8 Å². The Kier molecular flexibility index (Phi) is 45.4. The third-order valence-corrected chi connectivity index (χ3v) is 32.5. The summed E-state index contributed by atoms with van der Waals surface area (Å²) in [5.41, 5.74) is -0.488. The maximum atomic E-state index is 13.6. The van der Waals surface area contributed by atoms with Crippen LogP contribution in [0.4, 0.5) is 4.79 Å². The van der Waals surface area contributed by atoms with E-state index < -0.39 is 257 Å². The molecule has 2 aromatic carbocycles. The van der Waals surface area contributed by atoms with Crippen LogP contribution in [-0.4, -0.2) is 254 Å². The van der Waals surface area contributed by atoms with Gasteiger partial charge in [-0.2, -0.15) is 11.8 Å². The van der Waals surface area contributed by atoms with Crippen molar-refractivity contribution in [3.63, 3.8) is 0 Å². The Morgan fingerprint density at radius 1 is 0.524 bits per heavy atom. The summed E-state index contributed by atoms with van der Waals surface area (Å²) in [5.74, 6) is -5.11. The van der Waals surface area contributed by atoms with Crippen LogP contribution in [0.3, 0.4) is 0 Å². The van der Waals surface area contributed by atoms with Crippen LogP contribution in [0, 0.1) is 11.8 Å². The third kappa shape index (κ3) is 37.6. The molecular formula is C81H114N6O47P8S. The maximum absolute atomic E-state index is 13.6. The maximum Gasteiger partial charge on any atom is 0.503 e. The lowest BCUT2D eigenvalue weighted by molar-refractivity contribution is -0.135. The van der Waals surface area contributed by atoms with Crippen molar-refractivity contribution < 1.29 is 221 Å². The number of imide groups is 1. The van der Waals surface area contributed by atoms with E-state index in [1.807, 2.05) is 11.8 Å². The lowest BCUT2D eigenvalue weighted by Gasteiger charge is -2.44. The second kappa shape index (κ2) is 55.3. The van der Waals surface area contributed by atoms with Crippen LogP contribution in [0.2, 0.25) is 0 Å². The van der Waals surface area contributed by atoms with Gasteiger partial charge in [-0.15, -0.1) is 39.1 Å². The van der Waals surface area contributed by atoms with Gasteiger partial charge in [-0.1, -0.05) is 44.3 Å². The fourth-order valence-electron chi connectivity index (χ4n) is 16.1. The molecule has 143 heavy (non-hydrogen) atoms. The van der Waals surface area contributed by atoms with Gasteiger partial charge >= 0.3 is 74.6 Å². The molecular weight excluding hydrogens is 2090 g/mol. The zero-order valence-corrected chi connectivity index (χ0v) is 85.0. The number of hydrogen-bond donors (Lipinski definition) is 9. The highest BCUT2D eigenvalue weighted by molar-refractivity contribution is 8.00. The summed E-state index contributed by atoms with van der Waals surface area (Å²) in [4.78, 5) is 192. The van der Waals surface area contributed by atoms with Crippen molar-refractivity contribution in [1.82, 2.24) is 31.9 Å². The number of esters is 1. The average molecular weight is 2200 g/mol. The van der Waals surface area contributed by atoms with E-state index in [9.17, 15) is 119 Å². The second-order valence-corrected chi connectivity index (χ2v) is 46.0. The molecule has 2 aromatic rings. The zero-order chi connectivity index (χ0) is 103. The fourth-order valence-corrected chi connectivity index (χ4v) is 24.5. The molecule has 0 bridgehead atoms. The number of hydrogen-bond acceptors (Lipinski definition) is 40. The molecule has 7 amide bonds. The number of aromatic hydroxyl groups is 1. The van der Waals surface area contributed by atoms with Gasteiger partial charge in [0.15, 0.2) is 5.60 Å². The number of aliphatic hydroxyl groups is 2. The summed E-state index contributed by atoms with van der Waals surface area (Å²) in [6.07, 6.45) is 1.66. The predicted octanol–water partition coefficient (Wildman–Crippen LogP) is 11.1. The standard InChI is InChI=1S/C81H114N6O47P8S/c88-31-11-33-124-140(108,109)132-63-26-42-115-70(63)50-128-142(112,113)133-64-27-43-114-69(64)49-126-138(104,105)122-39-13-36-120-137(102,103)121-38-15-41-125-141(110,111)134-68-48-65(129-71(68)51-127-139(106,107)123-40-14-37-119-136(100,101)118-35-12-34-117-135(98,99)116-32-10-4-3-8-28-82-73(91)17-6-5-16-72-75-62(52-143-72)85-80(97)86-75)58-44-53(77(94)87-78(58)95)19-25-74(92)83-29-7-1-2-9-30-84-76(93)54-18-22-57-61(45-54)81(131-79(57)96)59-23-20-55(89)46-66(59)130-67-47-56(90)21-24-60(67)81/h18-25,44-47,58-59,62-66,68-72,75,88-90H,1-17,26-43,48-52H2,(H,82,91)(H,83,92)(H,84,93)(H2,85,86,97)(H,87,94,95)/b25-19+. The van der Waals surface area contributed by atoms with Crippen molar-refractivity contribution >= 4 is 116 Å². The number of carbonyl (C=O) groups excluding carboxylic acids is 7. The molecule has 9 aliphatic rings. The normalized spacial score (nSPS) is 27.2. The molecule has 62 heteroatoms. The number of thioether (sulfide) groups is 1. The van der Waals surface area contributed by atoms with Gasteiger partial charge in [0.25, 0.3) is 11.8 Å². The number of fused-ring (bicyclic) bond motifs is 7. The number of aliphatic hydroxyl groups excluding tert-OH is 2. The number of amides is 7. The average Bonchev–Trinajstić information content (AvgIpc) is 1.55. The minimum absolute atomic E-state index is 0.0102. The first-order chi connectivity index (χ1) is 67.9. The van der Waals surface area contributed by atoms with E-state index in [0.717, 1.165) is 36.8 Å². The van der Waals surface area contributed by atoms with Crippen LogP contribution in [0.25, 0.3) is 0 Å². The number of nitrogens with one attached hydrogen (secondary N) is 6. The number of phenols is 1. The quantitative estimate of drug-likeness (QED) is 0.00742. The van der Waals surface area contributed by atoms with E-state index in [2.05, 4.69) is 36.4 Å². The Hall–Kier alpha value is -5.84. The Bertz CT molecular complexity index is 5220. The highest BCUT2D eigenvalue weighted by Crippen LogP contribution is 2.59. The first kappa shape index (κ1) is 117. The summed E-state index contributed by atoms with van der Waals surface area (Å²) in [6, 6.07) is 9.02. The molecule has 8 aliphatic heterocycles. The summed E-state index contributed by atoms with van der Waals surface area (Å²) >= 11 is 1.81. The molecule has 8 heterocycles. The van der Waals surface area contributed by atoms with Crippen LogP contribution in [0.15, 0.2) is 84.2 Å². The van der Waals surface area contributed by atoms with E-state index in [1.54, 1.807) is 18.2 Å². The molecule has 796 valence electrons. The van der Waals surface area contributed by atoms with E-state index >= 15 is 0 Å². The van der Waals surface area contributed by atoms with Gasteiger partial charge in [-0.3, -0.25) is 102 Å². The van der Waals surface area contributed by atoms with Crippen molar-refractivity contribution in [2.75, 3.05) is 131 Å². The summed E-state index contributed by atoms with van der Waals surface area (Å²) in [7, 11) is -41.5. The minimum Gasteiger partial charge on any atom is -0.508 e. The zero-order valence-electron chi connectivity index (χ0n) is 77.0. The smallest absolute Gasteiger partial charge is 0.503 e. The van der Waals surface area contributed by atoms with Crippen molar-refractivity contribution in [3.05, 3.63) is 106 Å². The highest BCUT2D eigenvalue weighted by atomic mass is 32.2. The van der Waals surface area contributed by atoms with Crippen LogP contribution in [0.5, 0.6) is 11.5 Å². The summed E-state index contributed by atoms with van der Waals surface area (Å²) in [6.45, 7) is -8.82.